The van der Waals surface area contributed by atoms with Crippen LogP contribution < -0.4 is 10.6 Å². The average molecular weight is 389 g/mol. The van der Waals surface area contributed by atoms with Crippen LogP contribution in [0, 0.1) is 17.2 Å². The Bertz CT molecular complexity index is 866. The maximum absolute atomic E-state index is 13.1. The first-order valence-electron chi connectivity index (χ1n) is 9.14. The highest BCUT2D eigenvalue weighted by Gasteiger charge is 2.33. The highest BCUT2D eigenvalue weighted by molar-refractivity contribution is 7.17. The molecule has 6 heteroatoms. The lowest BCUT2D eigenvalue weighted by molar-refractivity contribution is 0.0962. The average Bonchev–Trinajstić information content (AvgIpc) is 2.97. The van der Waals surface area contributed by atoms with Crippen molar-refractivity contribution in [1.82, 2.24) is 5.32 Å². The number of thiophene rings is 1. The number of nitrogens with one attached hydrogen (secondary N) is 2. The van der Waals surface area contributed by atoms with Crippen molar-refractivity contribution in [3.05, 3.63) is 51.7 Å². The summed E-state index contributed by atoms with van der Waals surface area (Å²) in [5, 5.41) is 6.13. The molecule has 1 aromatic carbocycles. The number of amides is 2. The van der Waals surface area contributed by atoms with E-state index in [0.29, 0.717) is 22.0 Å². The summed E-state index contributed by atoms with van der Waals surface area (Å²) in [5.41, 5.74) is 2.18. The zero-order valence-electron chi connectivity index (χ0n) is 16.1. The number of fused-ring (bicyclic) bond motifs is 1. The van der Waals surface area contributed by atoms with Crippen LogP contribution in [-0.4, -0.2) is 18.9 Å². The zero-order chi connectivity index (χ0) is 19.8. The fourth-order valence-electron chi connectivity index (χ4n) is 3.55. The van der Waals surface area contributed by atoms with Crippen LogP contribution in [0.1, 0.15) is 58.3 Å². The van der Waals surface area contributed by atoms with Gasteiger partial charge in [0.2, 0.25) is 0 Å². The molecule has 0 spiro atoms. The SMILES string of the molecule is CNC(=O)c1c(NC(=O)c2ccc(F)cc2)sc2c1CC[C@H](C(C)(C)C)C2. The molecule has 0 saturated carbocycles. The van der Waals surface area contributed by atoms with E-state index in [4.69, 9.17) is 0 Å². The van der Waals surface area contributed by atoms with Gasteiger partial charge < -0.3 is 10.6 Å². The molecule has 0 bridgehead atoms. The van der Waals surface area contributed by atoms with Crippen LogP contribution in [-0.2, 0) is 12.8 Å². The van der Waals surface area contributed by atoms with E-state index in [9.17, 15) is 14.0 Å². The lowest BCUT2D eigenvalue weighted by Gasteiger charge is -2.33. The molecule has 0 aliphatic heterocycles. The molecule has 1 aliphatic carbocycles. The van der Waals surface area contributed by atoms with E-state index in [-0.39, 0.29) is 17.2 Å². The van der Waals surface area contributed by atoms with Gasteiger partial charge in [-0.25, -0.2) is 4.39 Å². The van der Waals surface area contributed by atoms with Crippen molar-refractivity contribution in [2.24, 2.45) is 11.3 Å². The Labute approximate surface area is 163 Å². The number of hydrogen-bond donors (Lipinski definition) is 2. The number of carbonyl (C=O) groups is 2. The second kappa shape index (κ2) is 7.43. The third-order valence-electron chi connectivity index (χ3n) is 5.28. The smallest absolute Gasteiger partial charge is 0.256 e. The summed E-state index contributed by atoms with van der Waals surface area (Å²) in [6.45, 7) is 6.73. The van der Waals surface area contributed by atoms with Crippen LogP contribution in [0.3, 0.4) is 0 Å². The Hall–Kier alpha value is -2.21. The molecular formula is C21H25FN2O2S. The van der Waals surface area contributed by atoms with Crippen molar-refractivity contribution in [2.45, 2.75) is 40.0 Å². The number of anilines is 1. The van der Waals surface area contributed by atoms with E-state index >= 15 is 0 Å². The predicted molar refractivity (Wildman–Crippen MR) is 107 cm³/mol. The van der Waals surface area contributed by atoms with Crippen LogP contribution in [0.5, 0.6) is 0 Å². The maximum atomic E-state index is 13.1. The summed E-state index contributed by atoms with van der Waals surface area (Å²) in [6.07, 6.45) is 2.78. The predicted octanol–water partition coefficient (Wildman–Crippen LogP) is 4.65. The molecule has 2 amide bonds. The van der Waals surface area contributed by atoms with Gasteiger partial charge in [0.25, 0.3) is 11.8 Å². The molecule has 3 rings (SSSR count). The van der Waals surface area contributed by atoms with E-state index in [1.807, 2.05) is 0 Å². The van der Waals surface area contributed by atoms with Crippen molar-refractivity contribution >= 4 is 28.2 Å². The normalized spacial score (nSPS) is 16.6. The lowest BCUT2D eigenvalue weighted by Crippen LogP contribution is -2.27. The molecule has 0 saturated heterocycles. The monoisotopic (exact) mass is 388 g/mol. The van der Waals surface area contributed by atoms with Crippen LogP contribution in [0.4, 0.5) is 9.39 Å². The Morgan fingerprint density at radius 3 is 2.41 bits per heavy atom. The van der Waals surface area contributed by atoms with Crippen LogP contribution in [0.2, 0.25) is 0 Å². The minimum Gasteiger partial charge on any atom is -0.355 e. The number of carbonyl (C=O) groups excluding carboxylic acids is 2. The molecule has 1 heterocycles. The molecular weight excluding hydrogens is 363 g/mol. The van der Waals surface area contributed by atoms with Crippen LogP contribution in [0.15, 0.2) is 24.3 Å². The molecule has 1 aliphatic rings. The van der Waals surface area contributed by atoms with Crippen molar-refractivity contribution in [3.8, 4) is 0 Å². The fraction of sp³-hybridized carbons (Fsp3) is 0.429. The molecule has 2 N–H and O–H groups in total. The fourth-order valence-corrected chi connectivity index (χ4v) is 4.87. The van der Waals surface area contributed by atoms with E-state index in [2.05, 4.69) is 31.4 Å². The summed E-state index contributed by atoms with van der Waals surface area (Å²) < 4.78 is 13.1. The van der Waals surface area contributed by atoms with E-state index < -0.39 is 5.82 Å². The van der Waals surface area contributed by atoms with Gasteiger partial charge in [0.1, 0.15) is 10.8 Å². The Kier molecular flexibility index (Phi) is 5.38. The van der Waals surface area contributed by atoms with E-state index in [1.165, 1.54) is 40.5 Å². The van der Waals surface area contributed by atoms with Crippen molar-refractivity contribution in [1.29, 1.82) is 0 Å². The van der Waals surface area contributed by atoms with E-state index in [1.54, 1.807) is 7.05 Å². The molecule has 1 aromatic heterocycles. The molecule has 2 aromatic rings. The van der Waals surface area contributed by atoms with Crippen LogP contribution in [0.25, 0.3) is 0 Å². The van der Waals surface area contributed by atoms with Crippen LogP contribution >= 0.6 is 11.3 Å². The van der Waals surface area contributed by atoms with Crippen molar-refractivity contribution in [2.75, 3.05) is 12.4 Å². The third-order valence-corrected chi connectivity index (χ3v) is 6.45. The van der Waals surface area contributed by atoms with Gasteiger partial charge in [-0.2, -0.15) is 0 Å². The topological polar surface area (TPSA) is 58.2 Å². The lowest BCUT2D eigenvalue weighted by atomic mass is 9.72. The van der Waals surface area contributed by atoms with E-state index in [0.717, 1.165) is 24.8 Å². The zero-order valence-corrected chi connectivity index (χ0v) is 16.9. The number of halogens is 1. The van der Waals surface area contributed by atoms with Gasteiger partial charge in [0.05, 0.1) is 5.56 Å². The van der Waals surface area contributed by atoms with Crippen molar-refractivity contribution < 1.29 is 14.0 Å². The minimum atomic E-state index is -0.391. The molecule has 144 valence electrons. The highest BCUT2D eigenvalue weighted by Crippen LogP contribution is 2.44. The quantitative estimate of drug-likeness (QED) is 0.804. The largest absolute Gasteiger partial charge is 0.355 e. The van der Waals surface area contributed by atoms with Gasteiger partial charge in [-0.1, -0.05) is 20.8 Å². The number of hydrogen-bond acceptors (Lipinski definition) is 3. The number of rotatable bonds is 3. The summed E-state index contributed by atoms with van der Waals surface area (Å²) >= 11 is 1.48. The summed E-state index contributed by atoms with van der Waals surface area (Å²) in [4.78, 5) is 26.2. The maximum Gasteiger partial charge on any atom is 0.256 e. The van der Waals surface area contributed by atoms with Crippen molar-refractivity contribution in [3.63, 3.8) is 0 Å². The second-order valence-electron chi connectivity index (χ2n) is 8.05. The summed E-state index contributed by atoms with van der Waals surface area (Å²) in [6, 6.07) is 5.38. The minimum absolute atomic E-state index is 0.184. The molecule has 1 atom stereocenters. The highest BCUT2D eigenvalue weighted by atomic mass is 32.1. The first-order valence-corrected chi connectivity index (χ1v) is 9.96. The first-order chi connectivity index (χ1) is 12.7. The Morgan fingerprint density at radius 2 is 1.81 bits per heavy atom. The third kappa shape index (κ3) is 4.05. The summed E-state index contributed by atoms with van der Waals surface area (Å²) in [5.74, 6) is -0.374. The number of benzene rings is 1. The second-order valence-corrected chi connectivity index (χ2v) is 9.16. The first kappa shape index (κ1) is 19.5. The van der Waals surface area contributed by atoms with Gasteiger partial charge in [0, 0.05) is 17.5 Å². The molecule has 0 radical (unpaired) electrons. The van der Waals surface area contributed by atoms with Gasteiger partial charge in [0.15, 0.2) is 0 Å². The van der Waals surface area contributed by atoms with Gasteiger partial charge in [-0.05, 0) is 60.4 Å². The molecule has 0 unspecified atom stereocenters. The Balaban J connectivity index is 1.93. The van der Waals surface area contributed by atoms with Gasteiger partial charge >= 0.3 is 0 Å². The van der Waals surface area contributed by atoms with Gasteiger partial charge in [-0.3, -0.25) is 9.59 Å². The standard InChI is InChI=1S/C21H25FN2O2S/c1-21(2,3)13-7-10-15-16(11-13)27-20(17(15)19(26)23-4)24-18(25)12-5-8-14(22)9-6-12/h5-6,8-9,13H,7,10-11H2,1-4H3,(H,23,26)(H,24,25)/t13-/m0/s1. The van der Waals surface area contributed by atoms with Gasteiger partial charge in [-0.15, -0.1) is 11.3 Å². The Morgan fingerprint density at radius 1 is 1.15 bits per heavy atom. The molecule has 4 nitrogen and oxygen atoms in total. The molecule has 27 heavy (non-hydrogen) atoms. The summed E-state index contributed by atoms with van der Waals surface area (Å²) in [7, 11) is 1.60. The molecule has 0 fully saturated rings.